The molecule has 5 rings (SSSR count). The molecular weight excluding hydrogens is 479 g/mol. The quantitative estimate of drug-likeness (QED) is 0.353. The van der Waals surface area contributed by atoms with Crippen molar-refractivity contribution in [2.45, 2.75) is 58.4 Å². The van der Waals surface area contributed by atoms with Gasteiger partial charge in [-0.2, -0.15) is 13.2 Å². The fourth-order valence-corrected chi connectivity index (χ4v) is 4.66. The summed E-state index contributed by atoms with van der Waals surface area (Å²) in [5.41, 5.74) is 2.79. The molecule has 0 aliphatic rings. The number of pyridine rings is 1. The topological polar surface area (TPSA) is 121 Å². The number of hydrogen-bond donors (Lipinski definition) is 1. The Balaban J connectivity index is 1.86. The standard InChI is InChI=1S/C23H24F3N7O3/c1-11-18(32(5)31-29-11)13-8-16-17(27-9-13)20-19(21(30-36-20)22(3,4)34)33(16)15(6-7-23(24,25)26)14-10-28-35-12(14)2/h8-10,15,34H,6-7H2,1-5H3. The maximum Gasteiger partial charge on any atom is 0.389 e. The van der Waals surface area contributed by atoms with E-state index in [2.05, 4.69) is 25.6 Å². The highest BCUT2D eigenvalue weighted by Crippen LogP contribution is 2.42. The highest BCUT2D eigenvalue weighted by atomic mass is 19.4. The number of fused-ring (bicyclic) bond motifs is 3. The first-order valence-electron chi connectivity index (χ1n) is 11.2. The molecule has 1 N–H and O–H groups in total. The number of aryl methyl sites for hydroxylation is 3. The van der Waals surface area contributed by atoms with Crippen LogP contribution in [0.2, 0.25) is 0 Å². The van der Waals surface area contributed by atoms with E-state index in [1.165, 1.54) is 20.0 Å². The van der Waals surface area contributed by atoms with Crippen LogP contribution in [0.4, 0.5) is 13.2 Å². The number of alkyl halides is 3. The predicted molar refractivity (Wildman–Crippen MR) is 122 cm³/mol. The third-order valence-corrected chi connectivity index (χ3v) is 6.26. The van der Waals surface area contributed by atoms with Crippen LogP contribution >= 0.6 is 0 Å². The lowest BCUT2D eigenvalue weighted by Crippen LogP contribution is -2.20. The first-order valence-corrected chi connectivity index (χ1v) is 11.2. The van der Waals surface area contributed by atoms with E-state index >= 15 is 0 Å². The zero-order chi connectivity index (χ0) is 26.0. The molecule has 13 heteroatoms. The van der Waals surface area contributed by atoms with Crippen LogP contribution in [0, 0.1) is 13.8 Å². The van der Waals surface area contributed by atoms with Gasteiger partial charge in [-0.1, -0.05) is 15.5 Å². The maximum absolute atomic E-state index is 13.4. The summed E-state index contributed by atoms with van der Waals surface area (Å²) < 4.78 is 54.4. The van der Waals surface area contributed by atoms with Gasteiger partial charge < -0.3 is 18.7 Å². The van der Waals surface area contributed by atoms with Crippen LogP contribution in [0.1, 0.15) is 55.4 Å². The average Bonchev–Trinajstić information content (AvgIpc) is 3.53. The number of nitrogens with zero attached hydrogens (tertiary/aromatic N) is 7. The predicted octanol–water partition coefficient (Wildman–Crippen LogP) is 4.74. The number of halogens is 3. The van der Waals surface area contributed by atoms with Crippen molar-refractivity contribution in [1.82, 2.24) is 34.9 Å². The number of aliphatic hydroxyl groups is 1. The molecular formula is C23H24F3N7O3. The minimum atomic E-state index is -4.39. The van der Waals surface area contributed by atoms with E-state index in [-0.39, 0.29) is 17.7 Å². The van der Waals surface area contributed by atoms with Gasteiger partial charge in [0.15, 0.2) is 0 Å². The smallest absolute Gasteiger partial charge is 0.384 e. The van der Waals surface area contributed by atoms with E-state index < -0.39 is 24.2 Å². The molecule has 0 bridgehead atoms. The molecule has 0 amide bonds. The maximum atomic E-state index is 13.4. The summed E-state index contributed by atoms with van der Waals surface area (Å²) in [7, 11) is 1.74. The van der Waals surface area contributed by atoms with Crippen LogP contribution in [0.5, 0.6) is 0 Å². The Bertz CT molecular complexity index is 1550. The molecule has 0 fully saturated rings. The van der Waals surface area contributed by atoms with Crippen molar-refractivity contribution in [2.75, 3.05) is 0 Å². The highest BCUT2D eigenvalue weighted by Gasteiger charge is 2.36. The minimum Gasteiger partial charge on any atom is -0.384 e. The summed E-state index contributed by atoms with van der Waals surface area (Å²) in [6.45, 7) is 6.52. The molecule has 0 aromatic carbocycles. The Hall–Kier alpha value is -3.74. The molecule has 5 heterocycles. The summed E-state index contributed by atoms with van der Waals surface area (Å²) in [6.07, 6.45) is -2.71. The van der Waals surface area contributed by atoms with Gasteiger partial charge in [0.25, 0.3) is 0 Å². The second-order valence-corrected chi connectivity index (χ2v) is 9.38. The van der Waals surface area contributed by atoms with Crippen LogP contribution in [-0.4, -0.2) is 46.1 Å². The zero-order valence-corrected chi connectivity index (χ0v) is 20.3. The molecule has 0 aliphatic carbocycles. The van der Waals surface area contributed by atoms with Crippen LogP contribution < -0.4 is 0 Å². The Morgan fingerprint density at radius 3 is 2.47 bits per heavy atom. The van der Waals surface area contributed by atoms with Gasteiger partial charge in [0.2, 0.25) is 5.58 Å². The Labute approximate surface area is 202 Å². The van der Waals surface area contributed by atoms with E-state index in [0.717, 1.165) is 0 Å². The van der Waals surface area contributed by atoms with Crippen LogP contribution in [-0.2, 0) is 12.6 Å². The fourth-order valence-electron chi connectivity index (χ4n) is 4.66. The largest absolute Gasteiger partial charge is 0.389 e. The summed E-state index contributed by atoms with van der Waals surface area (Å²) >= 11 is 0. The van der Waals surface area contributed by atoms with Gasteiger partial charge >= 0.3 is 6.18 Å². The van der Waals surface area contributed by atoms with Crippen molar-refractivity contribution < 1.29 is 27.3 Å². The monoisotopic (exact) mass is 503 g/mol. The number of rotatable bonds is 6. The van der Waals surface area contributed by atoms with Crippen molar-refractivity contribution in [1.29, 1.82) is 0 Å². The lowest BCUT2D eigenvalue weighted by molar-refractivity contribution is -0.136. The van der Waals surface area contributed by atoms with E-state index in [0.29, 0.717) is 44.8 Å². The molecule has 1 atom stereocenters. The van der Waals surface area contributed by atoms with Gasteiger partial charge in [0, 0.05) is 30.8 Å². The summed E-state index contributed by atoms with van der Waals surface area (Å²) in [6, 6.07) is 0.947. The Morgan fingerprint density at radius 1 is 1.14 bits per heavy atom. The SMILES string of the molecule is Cc1nnn(C)c1-c1cnc2c3onc(C(C)(C)O)c3n(C(CCC(F)(F)F)c3cnoc3C)c2c1. The third-order valence-electron chi connectivity index (χ3n) is 6.26. The highest BCUT2D eigenvalue weighted by molar-refractivity contribution is 6.04. The van der Waals surface area contributed by atoms with Gasteiger partial charge in [-0.3, -0.25) is 0 Å². The second kappa shape index (κ2) is 8.15. The third kappa shape index (κ3) is 3.92. The first kappa shape index (κ1) is 24.0. The van der Waals surface area contributed by atoms with Gasteiger partial charge in [-0.05, 0) is 40.2 Å². The van der Waals surface area contributed by atoms with Crippen molar-refractivity contribution in [3.05, 3.63) is 41.2 Å². The van der Waals surface area contributed by atoms with Crippen molar-refractivity contribution in [3.63, 3.8) is 0 Å². The normalized spacial score (nSPS) is 13.8. The zero-order valence-electron chi connectivity index (χ0n) is 20.3. The molecule has 0 aliphatic heterocycles. The fraction of sp³-hybridized carbons (Fsp3) is 0.435. The molecule has 190 valence electrons. The van der Waals surface area contributed by atoms with E-state index in [9.17, 15) is 18.3 Å². The average molecular weight is 503 g/mol. The molecule has 0 saturated carbocycles. The summed E-state index contributed by atoms with van der Waals surface area (Å²) in [4.78, 5) is 4.59. The molecule has 1 unspecified atom stereocenters. The lowest BCUT2D eigenvalue weighted by Gasteiger charge is -2.23. The summed E-state index contributed by atoms with van der Waals surface area (Å²) in [5, 5.41) is 26.8. The molecule has 0 saturated heterocycles. The summed E-state index contributed by atoms with van der Waals surface area (Å²) in [5.74, 6) is 0.384. The van der Waals surface area contributed by atoms with Gasteiger partial charge in [0.05, 0.1) is 29.1 Å². The first-order chi connectivity index (χ1) is 16.9. The van der Waals surface area contributed by atoms with Crippen molar-refractivity contribution in [3.8, 4) is 11.3 Å². The Morgan fingerprint density at radius 2 is 1.89 bits per heavy atom. The van der Waals surface area contributed by atoms with Gasteiger partial charge in [-0.25, -0.2) is 9.67 Å². The molecule has 0 radical (unpaired) electrons. The van der Waals surface area contributed by atoms with E-state index in [4.69, 9.17) is 9.05 Å². The van der Waals surface area contributed by atoms with E-state index in [1.54, 1.807) is 42.4 Å². The Kier molecular flexibility index (Phi) is 5.43. The minimum absolute atomic E-state index is 0.182. The van der Waals surface area contributed by atoms with Gasteiger partial charge in [0.1, 0.15) is 28.1 Å². The van der Waals surface area contributed by atoms with Crippen molar-refractivity contribution >= 4 is 22.1 Å². The van der Waals surface area contributed by atoms with Gasteiger partial charge in [-0.15, -0.1) is 5.10 Å². The van der Waals surface area contributed by atoms with Crippen LogP contribution in [0.15, 0.2) is 27.5 Å². The molecule has 5 aromatic rings. The van der Waals surface area contributed by atoms with E-state index in [1.807, 2.05) is 0 Å². The molecule has 36 heavy (non-hydrogen) atoms. The second-order valence-electron chi connectivity index (χ2n) is 9.38. The molecule has 10 nitrogen and oxygen atoms in total. The lowest BCUT2D eigenvalue weighted by atomic mass is 10.0. The molecule has 0 spiro atoms. The number of aromatic nitrogens is 7. The van der Waals surface area contributed by atoms with Crippen LogP contribution in [0.25, 0.3) is 33.4 Å². The van der Waals surface area contributed by atoms with Crippen molar-refractivity contribution in [2.24, 2.45) is 7.05 Å². The van der Waals surface area contributed by atoms with Crippen LogP contribution in [0.3, 0.4) is 0 Å². The molecule has 5 aromatic heterocycles. The number of hydrogen-bond acceptors (Lipinski definition) is 8.